The van der Waals surface area contributed by atoms with Crippen molar-refractivity contribution in [2.75, 3.05) is 13.1 Å². The zero-order valence-electron chi connectivity index (χ0n) is 12.7. The van der Waals surface area contributed by atoms with Crippen LogP contribution < -0.4 is 0 Å². The topological polar surface area (TPSA) is 3.24 Å². The van der Waals surface area contributed by atoms with Gasteiger partial charge in [0, 0.05) is 19.6 Å². The second kappa shape index (κ2) is 6.59. The normalized spacial score (nSPS) is 16.2. The molecular formula is C19H18F3N. The van der Waals surface area contributed by atoms with E-state index in [0.717, 1.165) is 31.1 Å². The Bertz CT molecular complexity index is 689. The van der Waals surface area contributed by atoms with Crippen molar-refractivity contribution in [3.8, 4) is 0 Å². The van der Waals surface area contributed by atoms with Crippen LogP contribution in [0.15, 0.2) is 60.7 Å². The molecule has 0 bridgehead atoms. The Balaban J connectivity index is 1.75. The summed E-state index contributed by atoms with van der Waals surface area (Å²) in [4.78, 5) is 2.27. The fourth-order valence-corrected chi connectivity index (χ4v) is 2.89. The summed E-state index contributed by atoms with van der Waals surface area (Å²) in [6.07, 6.45) is -1.38. The molecule has 0 saturated heterocycles. The van der Waals surface area contributed by atoms with Gasteiger partial charge in [0.2, 0.25) is 0 Å². The lowest BCUT2D eigenvalue weighted by Crippen LogP contribution is -2.29. The molecule has 0 spiro atoms. The van der Waals surface area contributed by atoms with Crippen LogP contribution >= 0.6 is 0 Å². The van der Waals surface area contributed by atoms with E-state index in [9.17, 15) is 13.2 Å². The Morgan fingerprint density at radius 2 is 1.74 bits per heavy atom. The summed E-state index contributed by atoms with van der Waals surface area (Å²) >= 11 is 0. The molecule has 0 radical (unpaired) electrons. The van der Waals surface area contributed by atoms with Crippen molar-refractivity contribution < 1.29 is 13.2 Å². The summed E-state index contributed by atoms with van der Waals surface area (Å²) in [7, 11) is 0. The largest absolute Gasteiger partial charge is 0.416 e. The fraction of sp³-hybridized carbons (Fsp3) is 0.263. The first kappa shape index (κ1) is 15.8. The van der Waals surface area contributed by atoms with E-state index in [2.05, 4.69) is 23.1 Å². The maximum Gasteiger partial charge on any atom is 0.416 e. The summed E-state index contributed by atoms with van der Waals surface area (Å²) in [5.41, 5.74) is 2.27. The predicted molar refractivity (Wildman–Crippen MR) is 85.8 cm³/mol. The third-order valence-corrected chi connectivity index (χ3v) is 4.04. The molecular weight excluding hydrogens is 299 g/mol. The van der Waals surface area contributed by atoms with Crippen LogP contribution in [0, 0.1) is 0 Å². The molecule has 0 aromatic heterocycles. The van der Waals surface area contributed by atoms with E-state index in [0.29, 0.717) is 12.1 Å². The number of halogens is 3. The summed E-state index contributed by atoms with van der Waals surface area (Å²) in [6, 6.07) is 15.7. The first-order valence-electron chi connectivity index (χ1n) is 7.65. The highest BCUT2D eigenvalue weighted by Crippen LogP contribution is 2.32. The van der Waals surface area contributed by atoms with Crippen molar-refractivity contribution in [2.45, 2.75) is 19.1 Å². The van der Waals surface area contributed by atoms with Crippen molar-refractivity contribution in [1.82, 2.24) is 4.90 Å². The van der Waals surface area contributed by atoms with Gasteiger partial charge < -0.3 is 0 Å². The van der Waals surface area contributed by atoms with Gasteiger partial charge in [0.25, 0.3) is 0 Å². The minimum Gasteiger partial charge on any atom is -0.295 e. The monoisotopic (exact) mass is 317 g/mol. The molecule has 23 heavy (non-hydrogen) atoms. The highest BCUT2D eigenvalue weighted by atomic mass is 19.4. The van der Waals surface area contributed by atoms with Gasteiger partial charge in [0.1, 0.15) is 0 Å². The van der Waals surface area contributed by atoms with Crippen molar-refractivity contribution in [3.05, 3.63) is 77.4 Å². The predicted octanol–water partition coefficient (Wildman–Crippen LogP) is 4.99. The minimum atomic E-state index is -4.30. The molecule has 2 aromatic carbocycles. The van der Waals surface area contributed by atoms with Crippen LogP contribution in [0.2, 0.25) is 0 Å². The molecule has 0 N–H and O–H groups in total. The van der Waals surface area contributed by atoms with E-state index in [4.69, 9.17) is 0 Å². The van der Waals surface area contributed by atoms with Gasteiger partial charge in [-0.25, -0.2) is 0 Å². The second-order valence-electron chi connectivity index (χ2n) is 5.79. The van der Waals surface area contributed by atoms with Gasteiger partial charge in [-0.2, -0.15) is 13.2 Å². The van der Waals surface area contributed by atoms with Gasteiger partial charge >= 0.3 is 6.18 Å². The molecule has 0 aliphatic carbocycles. The Hall–Kier alpha value is -2.07. The molecule has 1 heterocycles. The zero-order valence-corrected chi connectivity index (χ0v) is 12.7. The number of hydrogen-bond acceptors (Lipinski definition) is 1. The highest BCUT2D eigenvalue weighted by Gasteiger charge is 2.30. The smallest absolute Gasteiger partial charge is 0.295 e. The summed E-state index contributed by atoms with van der Waals surface area (Å²) in [6.45, 7) is 2.42. The average Bonchev–Trinajstić information content (AvgIpc) is 2.55. The van der Waals surface area contributed by atoms with Gasteiger partial charge in [0.15, 0.2) is 0 Å². The van der Waals surface area contributed by atoms with E-state index in [1.54, 1.807) is 6.07 Å². The molecule has 120 valence electrons. The minimum absolute atomic E-state index is 0.587. The van der Waals surface area contributed by atoms with Crippen molar-refractivity contribution >= 4 is 5.57 Å². The maximum absolute atomic E-state index is 12.9. The van der Waals surface area contributed by atoms with Gasteiger partial charge in [-0.05, 0) is 35.3 Å². The van der Waals surface area contributed by atoms with E-state index < -0.39 is 11.7 Å². The van der Waals surface area contributed by atoms with E-state index >= 15 is 0 Å². The number of alkyl halides is 3. The van der Waals surface area contributed by atoms with Gasteiger partial charge in [0.05, 0.1) is 5.56 Å². The maximum atomic E-state index is 12.9. The van der Waals surface area contributed by atoms with Crippen LogP contribution in [0.3, 0.4) is 0 Å². The average molecular weight is 317 g/mol. The van der Waals surface area contributed by atoms with Crippen molar-refractivity contribution in [3.63, 3.8) is 0 Å². The van der Waals surface area contributed by atoms with Crippen LogP contribution in [-0.4, -0.2) is 18.0 Å². The molecule has 1 nitrogen and oxygen atoms in total. The molecule has 1 aliphatic heterocycles. The molecule has 0 unspecified atom stereocenters. The van der Waals surface area contributed by atoms with Gasteiger partial charge in [-0.15, -0.1) is 0 Å². The molecule has 1 aliphatic rings. The number of benzene rings is 2. The van der Waals surface area contributed by atoms with Crippen LogP contribution in [0.1, 0.15) is 23.1 Å². The molecule has 0 fully saturated rings. The summed E-state index contributed by atoms with van der Waals surface area (Å²) in [5, 5.41) is 0. The quantitative estimate of drug-likeness (QED) is 0.770. The summed E-state index contributed by atoms with van der Waals surface area (Å²) < 4.78 is 38.6. The SMILES string of the molecule is FC(F)(F)c1cccc(C2=CCCN(Cc3ccccc3)C2)c1. The lowest BCUT2D eigenvalue weighted by Gasteiger charge is -2.27. The van der Waals surface area contributed by atoms with Crippen LogP contribution in [0.5, 0.6) is 0 Å². The Kier molecular flexibility index (Phi) is 4.53. The summed E-state index contributed by atoms with van der Waals surface area (Å²) in [5.74, 6) is 0. The molecule has 0 atom stereocenters. The Morgan fingerprint density at radius 1 is 0.957 bits per heavy atom. The van der Waals surface area contributed by atoms with Crippen molar-refractivity contribution in [1.29, 1.82) is 0 Å². The number of nitrogens with zero attached hydrogens (tertiary/aromatic N) is 1. The third kappa shape index (κ3) is 4.02. The van der Waals surface area contributed by atoms with E-state index in [-0.39, 0.29) is 0 Å². The van der Waals surface area contributed by atoms with E-state index in [1.807, 2.05) is 18.2 Å². The third-order valence-electron chi connectivity index (χ3n) is 4.04. The molecule has 3 rings (SSSR count). The van der Waals surface area contributed by atoms with Crippen LogP contribution in [0.25, 0.3) is 5.57 Å². The zero-order chi connectivity index (χ0) is 16.3. The van der Waals surface area contributed by atoms with E-state index in [1.165, 1.54) is 17.7 Å². The fourth-order valence-electron chi connectivity index (χ4n) is 2.89. The molecule has 4 heteroatoms. The lowest BCUT2D eigenvalue weighted by atomic mass is 9.98. The number of hydrogen-bond donors (Lipinski definition) is 0. The Morgan fingerprint density at radius 3 is 2.48 bits per heavy atom. The first-order valence-corrected chi connectivity index (χ1v) is 7.65. The lowest BCUT2D eigenvalue weighted by molar-refractivity contribution is -0.137. The van der Waals surface area contributed by atoms with Crippen LogP contribution in [-0.2, 0) is 12.7 Å². The number of rotatable bonds is 3. The molecule has 0 amide bonds. The molecule has 2 aromatic rings. The first-order chi connectivity index (χ1) is 11.0. The standard InChI is InChI=1S/C19H18F3N/c20-19(21,22)18-10-4-8-16(12-18)17-9-5-11-23(14-17)13-15-6-2-1-3-7-15/h1-4,6-10,12H,5,11,13-14H2. The van der Waals surface area contributed by atoms with Crippen molar-refractivity contribution in [2.24, 2.45) is 0 Å². The van der Waals surface area contributed by atoms with Gasteiger partial charge in [-0.3, -0.25) is 4.90 Å². The van der Waals surface area contributed by atoms with Crippen LogP contribution in [0.4, 0.5) is 13.2 Å². The Labute approximate surface area is 134 Å². The molecule has 0 saturated carbocycles. The second-order valence-corrected chi connectivity index (χ2v) is 5.79. The van der Waals surface area contributed by atoms with Gasteiger partial charge in [-0.1, -0.05) is 48.5 Å². The highest BCUT2D eigenvalue weighted by molar-refractivity contribution is 5.68.